The number of thioether (sulfide) groups is 1. The van der Waals surface area contributed by atoms with Gasteiger partial charge < -0.3 is 10.3 Å². The Labute approximate surface area is 195 Å². The highest BCUT2D eigenvalue weighted by molar-refractivity contribution is 7.99. The molecule has 174 valence electrons. The second kappa shape index (κ2) is 10.8. The van der Waals surface area contributed by atoms with Crippen LogP contribution in [0.5, 0.6) is 0 Å². The predicted molar refractivity (Wildman–Crippen MR) is 126 cm³/mol. The van der Waals surface area contributed by atoms with Crippen molar-refractivity contribution in [1.82, 2.24) is 9.97 Å². The predicted octanol–water partition coefficient (Wildman–Crippen LogP) is 4.12. The van der Waals surface area contributed by atoms with Crippen molar-refractivity contribution < 1.29 is 17.6 Å². The lowest BCUT2D eigenvalue weighted by atomic mass is 10.1. The van der Waals surface area contributed by atoms with Crippen LogP contribution in [-0.4, -0.2) is 30.0 Å². The molecule has 0 aliphatic heterocycles. The number of aromatic amines is 1. The molecule has 10 heteroatoms. The number of aryl methyl sites for hydroxylation is 2. The number of halogens is 1. The molecular weight excluding hydrogens is 465 g/mol. The summed E-state index contributed by atoms with van der Waals surface area (Å²) in [5, 5.41) is 2.69. The molecule has 3 aromatic rings. The minimum atomic E-state index is -4.03. The zero-order valence-corrected chi connectivity index (χ0v) is 19.9. The zero-order valence-electron chi connectivity index (χ0n) is 18.2. The summed E-state index contributed by atoms with van der Waals surface area (Å²) in [7, 11) is -4.03. The van der Waals surface area contributed by atoms with E-state index >= 15 is 0 Å². The number of carbonyl (C=O) groups excluding carboxylic acids is 1. The number of sulfone groups is 1. The summed E-state index contributed by atoms with van der Waals surface area (Å²) in [6.07, 6.45) is 3.90. The van der Waals surface area contributed by atoms with Gasteiger partial charge in [-0.1, -0.05) is 43.3 Å². The Morgan fingerprint density at radius 2 is 1.91 bits per heavy atom. The Bertz CT molecular complexity index is 1310. The maximum atomic E-state index is 13.4. The van der Waals surface area contributed by atoms with Crippen LogP contribution in [0.2, 0.25) is 0 Å². The van der Waals surface area contributed by atoms with E-state index in [2.05, 4.69) is 22.2 Å². The fraction of sp³-hybridized carbons (Fsp3) is 0.261. The van der Waals surface area contributed by atoms with E-state index in [0.717, 1.165) is 42.8 Å². The molecule has 7 nitrogen and oxygen atoms in total. The van der Waals surface area contributed by atoms with E-state index in [1.54, 1.807) is 25.1 Å². The Balaban J connectivity index is 1.68. The number of benzene rings is 2. The zero-order chi connectivity index (χ0) is 24.0. The molecular formula is C23H24FN3O4S2. The highest BCUT2D eigenvalue weighted by atomic mass is 32.2. The summed E-state index contributed by atoms with van der Waals surface area (Å²) in [6, 6.07) is 10.5. The molecule has 0 unspecified atom stereocenters. The molecule has 0 aliphatic rings. The van der Waals surface area contributed by atoms with Crippen molar-refractivity contribution in [3.63, 3.8) is 0 Å². The molecule has 1 aromatic heterocycles. The number of nitrogens with zero attached hydrogens (tertiary/aromatic N) is 1. The van der Waals surface area contributed by atoms with Crippen LogP contribution >= 0.6 is 11.8 Å². The molecule has 3 rings (SSSR count). The van der Waals surface area contributed by atoms with Crippen LogP contribution in [0, 0.1) is 12.7 Å². The van der Waals surface area contributed by atoms with Crippen LogP contribution in [0.25, 0.3) is 0 Å². The van der Waals surface area contributed by atoms with E-state index in [1.807, 2.05) is 0 Å². The molecule has 2 aromatic carbocycles. The number of hydrogen-bond acceptors (Lipinski definition) is 6. The third-order valence-electron chi connectivity index (χ3n) is 4.90. The Kier molecular flexibility index (Phi) is 8.04. The van der Waals surface area contributed by atoms with E-state index < -0.39 is 32.0 Å². The van der Waals surface area contributed by atoms with Gasteiger partial charge in [-0.3, -0.25) is 9.59 Å². The molecule has 0 bridgehead atoms. The number of amides is 1. The van der Waals surface area contributed by atoms with Gasteiger partial charge in [-0.15, -0.1) is 0 Å². The van der Waals surface area contributed by atoms with Gasteiger partial charge in [0, 0.05) is 5.69 Å². The number of hydrogen-bond donors (Lipinski definition) is 2. The molecule has 0 fully saturated rings. The highest BCUT2D eigenvalue weighted by Gasteiger charge is 2.22. The summed E-state index contributed by atoms with van der Waals surface area (Å²) in [4.78, 5) is 30.6. The van der Waals surface area contributed by atoms with Crippen LogP contribution in [0.4, 0.5) is 10.1 Å². The lowest BCUT2D eigenvalue weighted by Gasteiger charge is -2.08. The lowest BCUT2D eigenvalue weighted by Crippen LogP contribution is -2.20. The summed E-state index contributed by atoms with van der Waals surface area (Å²) >= 11 is 0.929. The fourth-order valence-electron chi connectivity index (χ4n) is 3.02. The maximum absolute atomic E-state index is 13.4. The monoisotopic (exact) mass is 489 g/mol. The van der Waals surface area contributed by atoms with Gasteiger partial charge in [0.2, 0.25) is 15.7 Å². The second-order valence-corrected chi connectivity index (χ2v) is 10.3. The van der Waals surface area contributed by atoms with E-state index in [9.17, 15) is 22.4 Å². The standard InChI is InChI=1S/C23H24FN3O4S2/c1-3-4-5-16-7-10-18(11-8-16)33(30,31)20-13-25-23(27-22(20)29)32-14-21(28)26-19-12-17(24)9-6-15(19)2/h6-13H,3-5,14H2,1-2H3,(H,26,28)(H,25,27,29). The van der Waals surface area contributed by atoms with Crippen LogP contribution in [-0.2, 0) is 21.1 Å². The van der Waals surface area contributed by atoms with Crippen molar-refractivity contribution in [2.75, 3.05) is 11.1 Å². The molecule has 0 atom stereocenters. The summed E-state index contributed by atoms with van der Waals surface area (Å²) in [5.41, 5.74) is 1.27. The smallest absolute Gasteiger partial charge is 0.270 e. The van der Waals surface area contributed by atoms with Gasteiger partial charge in [0.15, 0.2) is 10.1 Å². The molecule has 0 saturated carbocycles. The van der Waals surface area contributed by atoms with E-state index in [-0.39, 0.29) is 15.8 Å². The number of rotatable bonds is 9. The first kappa shape index (κ1) is 24.7. The normalized spacial score (nSPS) is 11.4. The minimum Gasteiger partial charge on any atom is -0.325 e. The van der Waals surface area contributed by atoms with E-state index in [4.69, 9.17) is 0 Å². The van der Waals surface area contributed by atoms with Crippen molar-refractivity contribution >= 4 is 33.2 Å². The average Bonchev–Trinajstić information content (AvgIpc) is 2.79. The van der Waals surface area contributed by atoms with Crippen molar-refractivity contribution in [2.45, 2.75) is 48.1 Å². The second-order valence-electron chi connectivity index (χ2n) is 7.43. The van der Waals surface area contributed by atoms with Crippen molar-refractivity contribution in [1.29, 1.82) is 0 Å². The first-order valence-electron chi connectivity index (χ1n) is 10.3. The first-order valence-corrected chi connectivity index (χ1v) is 12.8. The van der Waals surface area contributed by atoms with Crippen LogP contribution in [0.15, 0.2) is 68.4 Å². The molecule has 33 heavy (non-hydrogen) atoms. The highest BCUT2D eigenvalue weighted by Crippen LogP contribution is 2.21. The van der Waals surface area contributed by atoms with Crippen LogP contribution in [0.1, 0.15) is 30.9 Å². The SMILES string of the molecule is CCCCc1ccc(S(=O)(=O)c2cnc(SCC(=O)Nc3cc(F)ccc3C)[nH]c2=O)cc1. The lowest BCUT2D eigenvalue weighted by molar-refractivity contribution is -0.113. The summed E-state index contributed by atoms with van der Waals surface area (Å²) < 4.78 is 39.1. The number of unbranched alkanes of at least 4 members (excludes halogenated alkanes) is 1. The third-order valence-corrected chi connectivity index (χ3v) is 7.55. The van der Waals surface area contributed by atoms with Gasteiger partial charge in [0.1, 0.15) is 5.82 Å². The molecule has 2 N–H and O–H groups in total. The molecule has 0 radical (unpaired) electrons. The number of aromatic nitrogens is 2. The fourth-order valence-corrected chi connectivity index (χ4v) is 4.89. The summed E-state index contributed by atoms with van der Waals surface area (Å²) in [6.45, 7) is 3.82. The first-order chi connectivity index (χ1) is 15.7. The van der Waals surface area contributed by atoms with Crippen molar-refractivity contribution in [3.05, 3.63) is 76.0 Å². The average molecular weight is 490 g/mol. The minimum absolute atomic E-state index is 0.0142. The van der Waals surface area contributed by atoms with Crippen LogP contribution < -0.4 is 10.9 Å². The number of H-pyrrole nitrogens is 1. The Morgan fingerprint density at radius 1 is 1.18 bits per heavy atom. The Morgan fingerprint density at radius 3 is 2.58 bits per heavy atom. The van der Waals surface area contributed by atoms with Gasteiger partial charge in [0.25, 0.3) is 5.56 Å². The molecule has 0 spiro atoms. The van der Waals surface area contributed by atoms with Crippen molar-refractivity contribution in [2.24, 2.45) is 0 Å². The molecule has 1 heterocycles. The maximum Gasteiger partial charge on any atom is 0.270 e. The summed E-state index contributed by atoms with van der Waals surface area (Å²) in [5.74, 6) is -0.998. The van der Waals surface area contributed by atoms with Gasteiger partial charge in [-0.05, 0) is 55.2 Å². The molecule has 0 aliphatic carbocycles. The third kappa shape index (κ3) is 6.29. The Hall–Kier alpha value is -2.98. The topological polar surface area (TPSA) is 109 Å². The largest absolute Gasteiger partial charge is 0.325 e. The number of anilines is 1. The van der Waals surface area contributed by atoms with Gasteiger partial charge >= 0.3 is 0 Å². The molecule has 0 saturated heterocycles. The van der Waals surface area contributed by atoms with Gasteiger partial charge in [-0.25, -0.2) is 17.8 Å². The number of nitrogens with one attached hydrogen (secondary N) is 2. The van der Waals surface area contributed by atoms with Crippen molar-refractivity contribution in [3.8, 4) is 0 Å². The van der Waals surface area contributed by atoms with Gasteiger partial charge in [-0.2, -0.15) is 0 Å². The van der Waals surface area contributed by atoms with Crippen LogP contribution in [0.3, 0.4) is 0 Å². The van der Waals surface area contributed by atoms with Gasteiger partial charge in [0.05, 0.1) is 16.8 Å². The number of carbonyl (C=O) groups is 1. The van der Waals surface area contributed by atoms with E-state index in [0.29, 0.717) is 11.3 Å². The molecule has 1 amide bonds. The quantitative estimate of drug-likeness (QED) is 0.346. The van der Waals surface area contributed by atoms with E-state index in [1.165, 1.54) is 24.3 Å².